The fourth-order valence-corrected chi connectivity index (χ4v) is 9.69. The summed E-state index contributed by atoms with van der Waals surface area (Å²) in [5.41, 5.74) is -1.72. The van der Waals surface area contributed by atoms with E-state index < -0.39 is 28.5 Å². The van der Waals surface area contributed by atoms with Crippen LogP contribution in [0.5, 0.6) is 0 Å². The van der Waals surface area contributed by atoms with Gasteiger partial charge in [0.25, 0.3) is 0 Å². The van der Waals surface area contributed by atoms with Gasteiger partial charge in [-0.1, -0.05) is 61.4 Å². The minimum Gasteiger partial charge on any atom is -0.481 e. The fourth-order valence-electron chi connectivity index (χ4n) is 9.33. The Balaban J connectivity index is 1.53. The van der Waals surface area contributed by atoms with Gasteiger partial charge in [0.2, 0.25) is 0 Å². The van der Waals surface area contributed by atoms with Crippen LogP contribution in [0.3, 0.4) is 0 Å². The Labute approximate surface area is 217 Å². The molecule has 3 saturated carbocycles. The van der Waals surface area contributed by atoms with Gasteiger partial charge in [0.05, 0.1) is 18.1 Å². The van der Waals surface area contributed by atoms with Crippen molar-refractivity contribution in [3.05, 3.63) is 22.7 Å². The first kappa shape index (κ1) is 25.6. The van der Waals surface area contributed by atoms with Crippen molar-refractivity contribution in [3.63, 3.8) is 0 Å². The van der Waals surface area contributed by atoms with Crippen molar-refractivity contribution in [2.45, 2.75) is 65.8 Å². The maximum absolute atomic E-state index is 13.5. The molecule has 0 amide bonds. The average Bonchev–Trinajstić information content (AvgIpc) is 3.34. The number of halogens is 1. The Hall–Kier alpha value is -1.02. The molecule has 194 valence electrons. The third-order valence-corrected chi connectivity index (χ3v) is 10.6. The smallest absolute Gasteiger partial charge is 0.315 e. The van der Waals surface area contributed by atoms with Crippen LogP contribution >= 0.6 is 15.9 Å². The van der Waals surface area contributed by atoms with Gasteiger partial charge in [0.1, 0.15) is 11.7 Å². The summed E-state index contributed by atoms with van der Waals surface area (Å²) in [7, 11) is 0. The lowest BCUT2D eigenvalue weighted by Crippen LogP contribution is -2.64. The predicted molar refractivity (Wildman–Crippen MR) is 137 cm³/mol. The number of carboxylic acid groups (broad SMARTS) is 1. The van der Waals surface area contributed by atoms with Crippen LogP contribution < -0.4 is 0 Å². The van der Waals surface area contributed by atoms with Gasteiger partial charge < -0.3 is 19.4 Å². The molecule has 4 fully saturated rings. The quantitative estimate of drug-likeness (QED) is 0.343. The largest absolute Gasteiger partial charge is 0.481 e. The normalized spacial score (nSPS) is 46.5. The summed E-state index contributed by atoms with van der Waals surface area (Å²) >= 11 is 3.47. The zero-order valence-corrected chi connectivity index (χ0v) is 23.1. The molecular formula is C28H40BrNO5. The molecular weight excluding hydrogens is 510 g/mol. The van der Waals surface area contributed by atoms with Gasteiger partial charge in [-0.05, 0) is 55.8 Å². The monoisotopic (exact) mass is 549 g/mol. The van der Waals surface area contributed by atoms with E-state index in [4.69, 9.17) is 9.47 Å². The molecule has 0 aromatic heterocycles. The molecule has 1 unspecified atom stereocenters. The summed E-state index contributed by atoms with van der Waals surface area (Å²) in [6, 6.07) is 0. The van der Waals surface area contributed by atoms with Crippen LogP contribution in [-0.4, -0.2) is 60.9 Å². The first-order valence-corrected chi connectivity index (χ1v) is 14.1. The van der Waals surface area contributed by atoms with Crippen LogP contribution in [0.2, 0.25) is 0 Å². The third kappa shape index (κ3) is 3.37. The lowest BCUT2D eigenvalue weighted by atomic mass is 9.43. The Morgan fingerprint density at radius 3 is 2.71 bits per heavy atom. The zero-order valence-electron chi connectivity index (χ0n) is 21.5. The van der Waals surface area contributed by atoms with E-state index in [1.165, 1.54) is 0 Å². The summed E-state index contributed by atoms with van der Waals surface area (Å²) in [5, 5.41) is 11.1. The summed E-state index contributed by atoms with van der Waals surface area (Å²) in [6.45, 7) is 14.9. The molecule has 35 heavy (non-hydrogen) atoms. The number of nitrogens with zero attached hydrogens (tertiary/aromatic N) is 1. The number of aldehydes is 1. The van der Waals surface area contributed by atoms with Gasteiger partial charge in [-0.25, -0.2) is 0 Å². The topological polar surface area (TPSA) is 76.1 Å². The molecule has 5 aliphatic rings. The number of carbonyl (C=O) groups is 2. The lowest BCUT2D eigenvalue weighted by molar-refractivity contribution is -0.235. The first-order chi connectivity index (χ1) is 16.5. The molecule has 1 heterocycles. The molecule has 7 heteroatoms. The van der Waals surface area contributed by atoms with E-state index in [1.807, 2.05) is 6.92 Å². The number of aliphatic carboxylic acids is 1. The minimum absolute atomic E-state index is 0.0100. The predicted octanol–water partition coefficient (Wildman–Crippen LogP) is 4.88. The summed E-state index contributed by atoms with van der Waals surface area (Å²) in [6.07, 6.45) is 6.33. The second-order valence-corrected chi connectivity index (χ2v) is 13.5. The van der Waals surface area contributed by atoms with Gasteiger partial charge in [-0.2, -0.15) is 0 Å². The van der Waals surface area contributed by atoms with E-state index in [1.54, 1.807) is 0 Å². The van der Waals surface area contributed by atoms with Crippen molar-refractivity contribution in [2.24, 2.45) is 45.8 Å². The Morgan fingerprint density at radius 2 is 2.09 bits per heavy atom. The van der Waals surface area contributed by atoms with Crippen LogP contribution in [0.25, 0.3) is 0 Å². The molecule has 4 aliphatic carbocycles. The molecule has 0 aromatic carbocycles. The van der Waals surface area contributed by atoms with Crippen LogP contribution in [0.1, 0.15) is 53.4 Å². The van der Waals surface area contributed by atoms with Crippen LogP contribution in [0.4, 0.5) is 0 Å². The standard InChI is InChI=1S/C28H40BrNO5/c1-16(2)23-8-20-9-26(14-31)22-7-6-17(3)21(22)10-27(20,28(23,26)25(32)33)15-34-24-13-30(11-18(4)29)12-19(5)35-24/h8,14,16-17,19-22,24H,4,6-7,9-13,15H2,1-3,5H3,(H,32,33)/t17-,19-,20+,21-,22-,24-,26+,27?,28+/m1/s1. The number of morpholine rings is 1. The van der Waals surface area contributed by atoms with Crippen LogP contribution in [-0.2, 0) is 19.1 Å². The molecule has 0 aromatic rings. The highest BCUT2D eigenvalue weighted by Gasteiger charge is 2.84. The lowest BCUT2D eigenvalue weighted by Gasteiger charge is -2.58. The second-order valence-electron chi connectivity index (χ2n) is 12.4. The van der Waals surface area contributed by atoms with Crippen molar-refractivity contribution in [2.75, 3.05) is 26.2 Å². The Kier molecular flexibility index (Phi) is 6.43. The fraction of sp³-hybridized carbons (Fsp3) is 0.786. The zero-order chi connectivity index (χ0) is 25.3. The average molecular weight is 551 g/mol. The highest BCUT2D eigenvalue weighted by atomic mass is 79.9. The van der Waals surface area contributed by atoms with Gasteiger partial charge in [-0.3, -0.25) is 9.69 Å². The number of hydrogen-bond donors (Lipinski definition) is 1. The summed E-state index contributed by atoms with van der Waals surface area (Å²) in [5.74, 6) is 0.270. The number of allylic oxidation sites excluding steroid dienone is 1. The summed E-state index contributed by atoms with van der Waals surface area (Å²) in [4.78, 5) is 28.9. The number of carbonyl (C=O) groups excluding carboxylic acids is 1. The highest BCUT2D eigenvalue weighted by molar-refractivity contribution is 9.11. The molecule has 1 N–H and O–H groups in total. The maximum Gasteiger partial charge on any atom is 0.315 e. The molecule has 5 rings (SSSR count). The van der Waals surface area contributed by atoms with E-state index >= 15 is 0 Å². The minimum atomic E-state index is -1.20. The van der Waals surface area contributed by atoms with E-state index in [2.05, 4.69) is 54.3 Å². The number of fused-ring (bicyclic) bond motifs is 2. The van der Waals surface area contributed by atoms with E-state index in [0.717, 1.165) is 48.7 Å². The van der Waals surface area contributed by atoms with E-state index in [-0.39, 0.29) is 23.9 Å². The number of ether oxygens (including phenoxy) is 2. The van der Waals surface area contributed by atoms with Crippen LogP contribution in [0.15, 0.2) is 22.7 Å². The molecule has 9 atom stereocenters. The molecule has 0 spiro atoms. The van der Waals surface area contributed by atoms with Crippen molar-refractivity contribution in [1.29, 1.82) is 0 Å². The van der Waals surface area contributed by atoms with E-state index in [0.29, 0.717) is 31.4 Å². The number of rotatable bonds is 8. The number of carboxylic acids is 1. The molecule has 1 aliphatic heterocycles. The molecule has 6 nitrogen and oxygen atoms in total. The molecule has 4 bridgehead atoms. The summed E-state index contributed by atoms with van der Waals surface area (Å²) < 4.78 is 13.6. The SMILES string of the molecule is C=C(Br)CN1C[C@H](OCC23C[C@@H]4[C@H](C)CC[C@H]4[C@@]4(C=O)C[C@@H]2C=C(C(C)C)[C@@]34C(=O)O)O[C@H](C)C1. The van der Waals surface area contributed by atoms with Gasteiger partial charge in [-0.15, -0.1) is 0 Å². The van der Waals surface area contributed by atoms with Crippen molar-refractivity contribution in [1.82, 2.24) is 4.90 Å². The second kappa shape index (κ2) is 8.78. The first-order valence-electron chi connectivity index (χ1n) is 13.3. The van der Waals surface area contributed by atoms with Crippen LogP contribution in [0, 0.1) is 45.8 Å². The van der Waals surface area contributed by atoms with Gasteiger partial charge in [0.15, 0.2) is 6.29 Å². The molecule has 0 radical (unpaired) electrons. The maximum atomic E-state index is 13.5. The van der Waals surface area contributed by atoms with Gasteiger partial charge >= 0.3 is 5.97 Å². The van der Waals surface area contributed by atoms with Gasteiger partial charge in [0, 0.05) is 29.5 Å². The Bertz CT molecular complexity index is 950. The molecule has 1 saturated heterocycles. The highest BCUT2D eigenvalue weighted by Crippen LogP contribution is 2.82. The van der Waals surface area contributed by atoms with E-state index in [9.17, 15) is 14.7 Å². The van der Waals surface area contributed by atoms with Crippen molar-refractivity contribution in [3.8, 4) is 0 Å². The number of hydrogen-bond acceptors (Lipinski definition) is 5. The van der Waals surface area contributed by atoms with Crippen molar-refractivity contribution >= 4 is 28.2 Å². The Morgan fingerprint density at radius 1 is 1.34 bits per heavy atom. The third-order valence-electron chi connectivity index (χ3n) is 10.4. The van der Waals surface area contributed by atoms with Crippen molar-refractivity contribution < 1.29 is 24.2 Å².